The Morgan fingerprint density at radius 3 is 2.67 bits per heavy atom. The van der Waals surface area contributed by atoms with Gasteiger partial charge < -0.3 is 19.6 Å². The molecule has 2 aliphatic rings. The lowest BCUT2D eigenvalue weighted by Gasteiger charge is -2.37. The van der Waals surface area contributed by atoms with Crippen molar-refractivity contribution in [3.8, 4) is 0 Å². The average Bonchev–Trinajstić information content (AvgIpc) is 2.94. The maximum atomic E-state index is 13.7. The summed E-state index contributed by atoms with van der Waals surface area (Å²) >= 11 is 0. The van der Waals surface area contributed by atoms with Crippen molar-refractivity contribution in [1.29, 1.82) is 0 Å². The van der Waals surface area contributed by atoms with Crippen LogP contribution in [-0.2, 0) is 9.53 Å². The maximum absolute atomic E-state index is 13.7. The van der Waals surface area contributed by atoms with Crippen LogP contribution in [0.3, 0.4) is 0 Å². The normalized spacial score (nSPS) is 22.3. The molecule has 1 aromatic carbocycles. The molecule has 0 unspecified atom stereocenters. The van der Waals surface area contributed by atoms with Crippen molar-refractivity contribution < 1.29 is 23.8 Å². The number of rotatable bonds is 1. The number of allylic oxidation sites excluding steroid dienone is 3. The first-order valence-corrected chi connectivity index (χ1v) is 8.79. The van der Waals surface area contributed by atoms with Crippen LogP contribution in [0.5, 0.6) is 0 Å². The third kappa shape index (κ3) is 3.75. The van der Waals surface area contributed by atoms with Crippen molar-refractivity contribution in [1.82, 2.24) is 4.90 Å². The molecule has 0 saturated carbocycles. The summed E-state index contributed by atoms with van der Waals surface area (Å²) in [4.78, 5) is 26.9. The predicted molar refractivity (Wildman–Crippen MR) is 99.3 cm³/mol. The highest BCUT2D eigenvalue weighted by atomic mass is 19.1. The first-order valence-electron chi connectivity index (χ1n) is 8.79. The number of halogens is 1. The number of fused-ring (bicyclic) bond motifs is 1. The highest BCUT2D eigenvalue weighted by Crippen LogP contribution is 2.38. The number of aliphatic hydroxyl groups excluding tert-OH is 1. The monoisotopic (exact) mass is 374 g/mol. The Bertz CT molecular complexity index is 852. The lowest BCUT2D eigenvalue weighted by atomic mass is 9.96. The molecule has 2 heterocycles. The van der Waals surface area contributed by atoms with E-state index in [-0.39, 0.29) is 18.7 Å². The van der Waals surface area contributed by atoms with E-state index in [1.807, 2.05) is 10.8 Å². The Labute approximate surface area is 157 Å². The molecule has 0 bridgehead atoms. The van der Waals surface area contributed by atoms with Gasteiger partial charge >= 0.3 is 6.09 Å². The van der Waals surface area contributed by atoms with Gasteiger partial charge in [-0.1, -0.05) is 0 Å². The van der Waals surface area contributed by atoms with E-state index in [2.05, 4.69) is 0 Å². The number of β-amino-alcohol motifs (C(OH)–C–C–N with tert-alkyl or cyclic N) is 1. The van der Waals surface area contributed by atoms with Crippen LogP contribution in [0, 0.1) is 5.82 Å². The lowest BCUT2D eigenvalue weighted by Crippen LogP contribution is -2.44. The van der Waals surface area contributed by atoms with Crippen LogP contribution in [0.1, 0.15) is 33.3 Å². The topological polar surface area (TPSA) is 70.1 Å². The zero-order chi connectivity index (χ0) is 19.9. The summed E-state index contributed by atoms with van der Waals surface area (Å²) in [6.45, 7) is 7.53. The first kappa shape index (κ1) is 19.1. The van der Waals surface area contributed by atoms with Gasteiger partial charge in [-0.3, -0.25) is 0 Å². The summed E-state index contributed by atoms with van der Waals surface area (Å²) < 4.78 is 19.1. The fourth-order valence-electron chi connectivity index (χ4n) is 3.50. The van der Waals surface area contributed by atoms with Crippen LogP contribution < -0.4 is 4.90 Å². The fraction of sp³-hybridized carbons (Fsp3) is 0.450. The van der Waals surface area contributed by atoms with E-state index in [1.54, 1.807) is 39.8 Å². The lowest BCUT2D eigenvalue weighted by molar-refractivity contribution is 0.0270. The second-order valence-electron chi connectivity index (χ2n) is 7.85. The molecule has 2 atom stereocenters. The molecule has 3 rings (SSSR count). The number of nitrogens with zero attached hydrogens (tertiary/aromatic N) is 2. The highest BCUT2D eigenvalue weighted by molar-refractivity contribution is 6.00. The first-order chi connectivity index (χ1) is 12.6. The quantitative estimate of drug-likeness (QED) is 0.766. The smallest absolute Gasteiger partial charge is 0.410 e. The number of aliphatic hydroxyl groups is 1. The minimum absolute atomic E-state index is 0.135. The standard InChI is InChI=1S/C20H23FN2O4/c1-12-7-13(11-24)15-8-14(21)5-6-16(15)23(12)17-9-22(10-18(17)25)19(26)27-20(2,3)4/h5-8,17-18,25H,9-10H2,1-4H3/t17-,18-/m0/s1. The Morgan fingerprint density at radius 2 is 2.04 bits per heavy atom. The van der Waals surface area contributed by atoms with Gasteiger partial charge in [0.2, 0.25) is 0 Å². The van der Waals surface area contributed by atoms with Crippen molar-refractivity contribution in [3.63, 3.8) is 0 Å². The third-order valence-corrected chi connectivity index (χ3v) is 4.59. The van der Waals surface area contributed by atoms with E-state index in [0.717, 1.165) is 0 Å². The molecule has 0 radical (unpaired) electrons. The van der Waals surface area contributed by atoms with Crippen LogP contribution in [0.2, 0.25) is 0 Å². The summed E-state index contributed by atoms with van der Waals surface area (Å²) in [7, 11) is 0. The Hall–Kier alpha value is -2.63. The van der Waals surface area contributed by atoms with E-state index in [1.165, 1.54) is 17.0 Å². The number of hydrogen-bond donors (Lipinski definition) is 1. The van der Waals surface area contributed by atoms with Crippen LogP contribution >= 0.6 is 0 Å². The van der Waals surface area contributed by atoms with Crippen LogP contribution in [-0.4, -0.2) is 52.9 Å². The summed E-state index contributed by atoms with van der Waals surface area (Å²) in [5.41, 5.74) is 1.36. The number of carbonyl (C=O) groups is 1. The van der Waals surface area contributed by atoms with Crippen molar-refractivity contribution in [2.24, 2.45) is 0 Å². The average molecular weight is 374 g/mol. The molecule has 7 heteroatoms. The minimum atomic E-state index is -0.819. The third-order valence-electron chi connectivity index (χ3n) is 4.59. The number of hydrogen-bond acceptors (Lipinski definition) is 5. The van der Waals surface area contributed by atoms with Crippen LogP contribution in [0.15, 0.2) is 30.0 Å². The maximum Gasteiger partial charge on any atom is 0.410 e. The number of amides is 1. The molecule has 1 saturated heterocycles. The summed E-state index contributed by atoms with van der Waals surface area (Å²) in [6.07, 6.45) is 0.300. The van der Waals surface area contributed by atoms with E-state index in [4.69, 9.17) is 4.74 Å². The number of ether oxygens (including phenoxy) is 1. The molecule has 1 aromatic rings. The molecule has 1 fully saturated rings. The molecule has 144 valence electrons. The number of likely N-dealkylation sites (tertiary alicyclic amines) is 1. The molecule has 2 aliphatic heterocycles. The second kappa shape index (κ2) is 6.83. The van der Waals surface area contributed by atoms with Gasteiger partial charge in [0.15, 0.2) is 0 Å². The molecule has 0 spiro atoms. The summed E-state index contributed by atoms with van der Waals surface area (Å²) in [5.74, 6) is 1.38. The number of carbonyl (C=O) groups excluding carboxylic acids is 2. The largest absolute Gasteiger partial charge is 0.444 e. The van der Waals surface area contributed by atoms with Gasteiger partial charge in [0.1, 0.15) is 17.4 Å². The molecule has 6 nitrogen and oxygen atoms in total. The van der Waals surface area contributed by atoms with E-state index in [9.17, 15) is 19.1 Å². The van der Waals surface area contributed by atoms with E-state index < -0.39 is 29.7 Å². The van der Waals surface area contributed by atoms with Crippen molar-refractivity contribution in [2.45, 2.75) is 45.4 Å². The van der Waals surface area contributed by atoms with Crippen LogP contribution in [0.4, 0.5) is 14.9 Å². The van der Waals surface area contributed by atoms with Crippen molar-refractivity contribution in [3.05, 3.63) is 41.4 Å². The summed E-state index contributed by atoms with van der Waals surface area (Å²) in [6, 6.07) is 3.71. The van der Waals surface area contributed by atoms with Gasteiger partial charge in [0.05, 0.1) is 30.0 Å². The Morgan fingerprint density at radius 1 is 1.33 bits per heavy atom. The minimum Gasteiger partial charge on any atom is -0.444 e. The molecular formula is C20H23FN2O4. The van der Waals surface area contributed by atoms with Gasteiger partial charge in [-0.2, -0.15) is 0 Å². The van der Waals surface area contributed by atoms with Gasteiger partial charge in [-0.05, 0) is 52.0 Å². The SMILES string of the molecule is CC1=CC(=C=O)c2cc(F)ccc2N1[C@H]1CN(C(=O)OC(C)(C)C)C[C@@H]1O. The predicted octanol–water partition coefficient (Wildman–Crippen LogP) is 2.74. The van der Waals surface area contributed by atoms with Crippen molar-refractivity contribution >= 4 is 23.3 Å². The zero-order valence-corrected chi connectivity index (χ0v) is 15.8. The number of benzene rings is 1. The second-order valence-corrected chi connectivity index (χ2v) is 7.85. The van der Waals surface area contributed by atoms with Crippen molar-refractivity contribution in [2.75, 3.05) is 18.0 Å². The molecule has 1 N–H and O–H groups in total. The van der Waals surface area contributed by atoms with E-state index >= 15 is 0 Å². The number of anilines is 1. The Kier molecular flexibility index (Phi) is 4.84. The summed E-state index contributed by atoms with van der Waals surface area (Å²) in [5, 5.41) is 10.6. The molecule has 0 aromatic heterocycles. The zero-order valence-electron chi connectivity index (χ0n) is 15.8. The van der Waals surface area contributed by atoms with Gasteiger partial charge in [-0.15, -0.1) is 0 Å². The molecule has 27 heavy (non-hydrogen) atoms. The van der Waals surface area contributed by atoms with Crippen LogP contribution in [0.25, 0.3) is 5.57 Å². The van der Waals surface area contributed by atoms with Gasteiger partial charge in [-0.25, -0.2) is 14.0 Å². The van der Waals surface area contributed by atoms with E-state index in [0.29, 0.717) is 16.9 Å². The fourth-order valence-corrected chi connectivity index (χ4v) is 3.50. The molecule has 1 amide bonds. The highest BCUT2D eigenvalue weighted by Gasteiger charge is 2.41. The Balaban J connectivity index is 1.92. The molecule has 0 aliphatic carbocycles. The van der Waals surface area contributed by atoms with Gasteiger partial charge in [0.25, 0.3) is 0 Å². The molecular weight excluding hydrogens is 351 g/mol. The van der Waals surface area contributed by atoms with Gasteiger partial charge in [0, 0.05) is 17.8 Å².